The van der Waals surface area contributed by atoms with E-state index in [2.05, 4.69) is 5.10 Å². The first-order valence-electron chi connectivity index (χ1n) is 16.4. The summed E-state index contributed by atoms with van der Waals surface area (Å²) in [6, 6.07) is 1.95. The monoisotopic (exact) mass is 652 g/mol. The average molecular weight is 653 g/mol. The lowest BCUT2D eigenvalue weighted by atomic mass is 9.73. The number of ether oxygens (including phenoxy) is 2. The molecule has 248 valence electrons. The van der Waals surface area contributed by atoms with Crippen LogP contribution >= 0.6 is 11.6 Å². The molecule has 3 aromatic rings. The van der Waals surface area contributed by atoms with Crippen molar-refractivity contribution < 1.29 is 23.6 Å². The third kappa shape index (κ3) is 6.86. The highest BCUT2D eigenvalue weighted by molar-refractivity contribution is 6.66. The molecule has 3 fully saturated rings. The molecule has 3 aliphatic heterocycles. The zero-order chi connectivity index (χ0) is 32.9. The molecule has 5 heterocycles. The number of hydrogen-bond acceptors (Lipinski definition) is 8. The van der Waals surface area contributed by atoms with Gasteiger partial charge in [-0.1, -0.05) is 17.7 Å². The maximum atomic E-state index is 12.6. The van der Waals surface area contributed by atoms with Gasteiger partial charge in [-0.05, 0) is 104 Å². The molecule has 1 amide bonds. The molecule has 2 atom stereocenters. The second kappa shape index (κ2) is 12.6. The number of benzene rings is 1. The number of carbonyl (C=O) groups is 1. The van der Waals surface area contributed by atoms with Crippen molar-refractivity contribution in [2.24, 2.45) is 5.92 Å². The number of aromatic nitrogens is 5. The van der Waals surface area contributed by atoms with Crippen molar-refractivity contribution in [2.75, 3.05) is 19.7 Å². The fourth-order valence-electron chi connectivity index (χ4n) is 6.31. The van der Waals surface area contributed by atoms with Gasteiger partial charge < -0.3 is 23.7 Å². The van der Waals surface area contributed by atoms with E-state index in [1.54, 1.807) is 15.9 Å². The van der Waals surface area contributed by atoms with Gasteiger partial charge in [-0.25, -0.2) is 9.48 Å². The van der Waals surface area contributed by atoms with E-state index in [9.17, 15) is 4.79 Å². The molecule has 1 unspecified atom stereocenters. The molecule has 6 rings (SSSR count). The summed E-state index contributed by atoms with van der Waals surface area (Å²) in [5.74, 6) is 0.238. The fraction of sp³-hybridized carbons (Fsp3) is 0.636. The Morgan fingerprint density at radius 2 is 1.85 bits per heavy atom. The third-order valence-corrected chi connectivity index (χ3v) is 9.73. The van der Waals surface area contributed by atoms with E-state index < -0.39 is 23.9 Å². The maximum absolute atomic E-state index is 12.6. The number of nitrogens with zero attached hydrogens (tertiary/aromatic N) is 6. The lowest BCUT2D eigenvalue weighted by Crippen LogP contribution is -2.43. The average Bonchev–Trinajstić information content (AvgIpc) is 3.66. The van der Waals surface area contributed by atoms with Crippen LogP contribution in [0.25, 0.3) is 23.1 Å². The van der Waals surface area contributed by atoms with E-state index in [1.807, 2.05) is 77.6 Å². The number of likely N-dealkylation sites (tertiary alicyclic amines) is 1. The van der Waals surface area contributed by atoms with Gasteiger partial charge in [0.05, 0.1) is 35.7 Å². The van der Waals surface area contributed by atoms with Crippen molar-refractivity contribution in [1.29, 1.82) is 0 Å². The Morgan fingerprint density at radius 3 is 2.54 bits per heavy atom. The number of fused-ring (bicyclic) bond motifs is 1. The Bertz CT molecular complexity index is 1590. The van der Waals surface area contributed by atoms with Crippen molar-refractivity contribution in [3.63, 3.8) is 0 Å². The van der Waals surface area contributed by atoms with Crippen LogP contribution in [0, 0.1) is 5.92 Å². The first-order valence-corrected chi connectivity index (χ1v) is 16.8. The normalized spacial score (nSPS) is 23.5. The number of carbonyl (C=O) groups excluding carboxylic acids is 1. The van der Waals surface area contributed by atoms with E-state index in [1.165, 1.54) is 0 Å². The molecule has 0 aliphatic carbocycles. The van der Waals surface area contributed by atoms with Gasteiger partial charge in [-0.2, -0.15) is 20.1 Å². The second-order valence-electron chi connectivity index (χ2n) is 14.7. The van der Waals surface area contributed by atoms with Crippen LogP contribution in [0.15, 0.2) is 18.5 Å². The smallest absolute Gasteiger partial charge is 0.444 e. The van der Waals surface area contributed by atoms with E-state index >= 15 is 0 Å². The largest absolute Gasteiger partial charge is 0.496 e. The van der Waals surface area contributed by atoms with E-state index in [0.717, 1.165) is 54.0 Å². The fourth-order valence-corrected chi connectivity index (χ4v) is 6.57. The lowest BCUT2D eigenvalue weighted by molar-refractivity contribution is -0.0366. The van der Waals surface area contributed by atoms with Gasteiger partial charge in [0.1, 0.15) is 11.3 Å². The zero-order valence-electron chi connectivity index (χ0n) is 28.1. The molecule has 0 bridgehead atoms. The molecule has 11 nitrogen and oxygen atoms in total. The summed E-state index contributed by atoms with van der Waals surface area (Å²) >= 11 is 7.05. The number of piperidine rings is 1. The summed E-state index contributed by atoms with van der Waals surface area (Å²) in [7, 11) is -0.648. The molecule has 0 N–H and O–H groups in total. The Kier molecular flexibility index (Phi) is 9.03. The van der Waals surface area contributed by atoms with Gasteiger partial charge in [0, 0.05) is 35.6 Å². The topological polar surface area (TPSA) is 106 Å². The highest BCUT2D eigenvalue weighted by atomic mass is 35.5. The van der Waals surface area contributed by atoms with Crippen molar-refractivity contribution >= 4 is 53.3 Å². The van der Waals surface area contributed by atoms with Crippen LogP contribution in [0.2, 0.25) is 5.02 Å². The Morgan fingerprint density at radius 1 is 1.09 bits per heavy atom. The third-order valence-electron chi connectivity index (χ3n) is 9.42. The number of halogens is 1. The Balaban J connectivity index is 1.26. The molecule has 0 spiro atoms. The molecule has 3 aliphatic rings. The molecule has 0 saturated carbocycles. The zero-order valence-corrected chi connectivity index (χ0v) is 28.8. The van der Waals surface area contributed by atoms with Gasteiger partial charge >= 0.3 is 13.2 Å². The number of hydrogen-bond donors (Lipinski definition) is 0. The van der Waals surface area contributed by atoms with Crippen molar-refractivity contribution in [1.82, 2.24) is 29.7 Å². The minimum absolute atomic E-state index is 0.134. The van der Waals surface area contributed by atoms with Gasteiger partial charge in [0.15, 0.2) is 6.23 Å². The van der Waals surface area contributed by atoms with Gasteiger partial charge in [0.2, 0.25) is 0 Å². The van der Waals surface area contributed by atoms with Crippen LogP contribution in [0.3, 0.4) is 0 Å². The summed E-state index contributed by atoms with van der Waals surface area (Å²) in [5, 5.41) is 15.5. The van der Waals surface area contributed by atoms with Crippen LogP contribution in [-0.2, 0) is 25.3 Å². The van der Waals surface area contributed by atoms with E-state index in [0.29, 0.717) is 37.0 Å². The lowest BCUT2D eigenvalue weighted by Gasteiger charge is -2.33. The standard InChI is InChI=1S/C33H46BClN6O5/c1-31(2,3)44-30(42)39-15-10-11-22(20-39)21-40-36-18-23(38-40)13-14-24-26(35)17-27-25(19-37-41(27)28-12-8-9-16-43-28)29(24)34-45-32(4,5)33(6,7)46-34/h13-14,17-19,22,28H,8-12,15-16,20-21H2,1-7H3/b14-13-/t22-,28?/m1/s1. The maximum Gasteiger partial charge on any atom is 0.496 e. The first kappa shape index (κ1) is 33.0. The first-order chi connectivity index (χ1) is 21.7. The number of rotatable bonds is 6. The second-order valence-corrected chi connectivity index (χ2v) is 15.1. The Labute approximate surface area is 276 Å². The molecule has 0 radical (unpaired) electrons. The van der Waals surface area contributed by atoms with Gasteiger partial charge in [-0.3, -0.25) is 0 Å². The quantitative estimate of drug-likeness (QED) is 0.294. The van der Waals surface area contributed by atoms with Crippen LogP contribution in [-0.4, -0.2) is 79.4 Å². The molecule has 1 aromatic carbocycles. The molecule has 13 heteroatoms. The summed E-state index contributed by atoms with van der Waals surface area (Å²) < 4.78 is 26.7. The van der Waals surface area contributed by atoms with E-state index in [4.69, 9.17) is 40.6 Å². The highest BCUT2D eigenvalue weighted by Crippen LogP contribution is 2.39. The van der Waals surface area contributed by atoms with Crippen molar-refractivity contribution in [3.8, 4) is 0 Å². The Hall–Kier alpha value is -2.93. The van der Waals surface area contributed by atoms with Crippen LogP contribution in [0.4, 0.5) is 4.79 Å². The predicted octanol–water partition coefficient (Wildman–Crippen LogP) is 6.10. The van der Waals surface area contributed by atoms with Gasteiger partial charge in [-0.15, -0.1) is 0 Å². The molecule has 46 heavy (non-hydrogen) atoms. The number of amides is 1. The summed E-state index contributed by atoms with van der Waals surface area (Å²) in [4.78, 5) is 16.1. The predicted molar refractivity (Wildman–Crippen MR) is 179 cm³/mol. The highest BCUT2D eigenvalue weighted by Gasteiger charge is 2.53. The summed E-state index contributed by atoms with van der Waals surface area (Å²) in [6.45, 7) is 16.5. The molecular formula is C33H46BClN6O5. The van der Waals surface area contributed by atoms with Crippen LogP contribution in [0.5, 0.6) is 0 Å². The van der Waals surface area contributed by atoms with Crippen LogP contribution in [0.1, 0.15) is 98.1 Å². The van der Waals surface area contributed by atoms with Crippen molar-refractivity contribution in [2.45, 2.75) is 110 Å². The summed E-state index contributed by atoms with van der Waals surface area (Å²) in [6.07, 6.45) is 12.0. The SMILES string of the molecule is CC(C)(C)OC(=O)N1CCC[C@@H](Cn2ncc(/C=C\c3c(Cl)cc4c(cnn4C4CCCCO4)c3B3OC(C)(C)C(C)(C)O3)n2)C1. The minimum atomic E-state index is -0.648. The van der Waals surface area contributed by atoms with Crippen LogP contribution < -0.4 is 5.46 Å². The van der Waals surface area contributed by atoms with Crippen molar-refractivity contribution in [3.05, 3.63) is 34.7 Å². The molecule has 3 saturated heterocycles. The van der Waals surface area contributed by atoms with E-state index in [-0.39, 0.29) is 18.2 Å². The molecule has 2 aromatic heterocycles. The summed E-state index contributed by atoms with van der Waals surface area (Å²) in [5.41, 5.74) is 1.62. The van der Waals surface area contributed by atoms with Gasteiger partial charge in [0.25, 0.3) is 0 Å². The molecular weight excluding hydrogens is 607 g/mol. The minimum Gasteiger partial charge on any atom is -0.444 e.